The molecule has 0 atom stereocenters. The van der Waals surface area contributed by atoms with Crippen LogP contribution in [0.5, 0.6) is 5.75 Å². The second kappa shape index (κ2) is 7.26. The Morgan fingerprint density at radius 2 is 2.00 bits per heavy atom. The van der Waals surface area contributed by atoms with Gasteiger partial charge in [-0.05, 0) is 35.0 Å². The summed E-state index contributed by atoms with van der Waals surface area (Å²) in [6, 6.07) is 11.9. The van der Waals surface area contributed by atoms with Crippen molar-refractivity contribution in [3.05, 3.63) is 54.2 Å². The summed E-state index contributed by atoms with van der Waals surface area (Å²) in [5.74, 6) is 0.310. The number of hydrogen-bond donors (Lipinski definition) is 2. The third-order valence-electron chi connectivity index (χ3n) is 4.04. The van der Waals surface area contributed by atoms with Crippen molar-refractivity contribution in [2.75, 3.05) is 19.4 Å². The van der Waals surface area contributed by atoms with Crippen LogP contribution in [0.4, 0.5) is 5.82 Å². The molecule has 0 aliphatic rings. The Labute approximate surface area is 150 Å². The zero-order chi connectivity index (χ0) is 18.7. The van der Waals surface area contributed by atoms with E-state index in [1.165, 1.54) is 4.90 Å². The summed E-state index contributed by atoms with van der Waals surface area (Å²) >= 11 is 0. The number of anilines is 1. The Hall–Kier alpha value is -3.35. The van der Waals surface area contributed by atoms with Gasteiger partial charge >= 0.3 is 0 Å². The van der Waals surface area contributed by atoms with Gasteiger partial charge in [0.2, 0.25) is 5.91 Å². The van der Waals surface area contributed by atoms with Crippen LogP contribution < -0.4 is 5.32 Å². The average molecular weight is 352 g/mol. The summed E-state index contributed by atoms with van der Waals surface area (Å²) in [6.45, 7) is 0.445. The van der Waals surface area contributed by atoms with Crippen LogP contribution >= 0.6 is 0 Å². The highest BCUT2D eigenvalue weighted by atomic mass is 16.3. The van der Waals surface area contributed by atoms with Crippen LogP contribution in [-0.2, 0) is 11.3 Å². The predicted molar refractivity (Wildman–Crippen MR) is 99.1 cm³/mol. The topological polar surface area (TPSA) is 87.5 Å². The molecule has 1 heterocycles. The largest absolute Gasteiger partial charge is 0.508 e. The Morgan fingerprint density at radius 3 is 2.77 bits per heavy atom. The van der Waals surface area contributed by atoms with E-state index in [1.54, 1.807) is 61.4 Å². The predicted octanol–water partition coefficient (Wildman–Crippen LogP) is 2.47. The van der Waals surface area contributed by atoms with Gasteiger partial charge < -0.3 is 15.3 Å². The van der Waals surface area contributed by atoms with Crippen LogP contribution in [0.1, 0.15) is 16.8 Å². The molecule has 0 aliphatic carbocycles. The standard InChI is InChI=1S/C19H20N4O3/c1-22(2)18(25)9-11-23-10-8-17(21-23)20-19(26)16-5-3-4-13-12-14(24)6-7-15(13)16/h3-8,10,12,24H,9,11H2,1-2H3,(H,20,21,26). The van der Waals surface area contributed by atoms with Gasteiger partial charge in [0.1, 0.15) is 5.75 Å². The molecule has 3 rings (SSSR count). The van der Waals surface area contributed by atoms with E-state index < -0.39 is 0 Å². The molecule has 7 nitrogen and oxygen atoms in total. The molecule has 0 saturated heterocycles. The van der Waals surface area contributed by atoms with Crippen LogP contribution in [0, 0.1) is 0 Å². The van der Waals surface area contributed by atoms with Gasteiger partial charge in [-0.1, -0.05) is 12.1 Å². The number of fused-ring (bicyclic) bond motifs is 1. The first-order chi connectivity index (χ1) is 12.4. The number of hydrogen-bond acceptors (Lipinski definition) is 4. The third-order valence-corrected chi connectivity index (χ3v) is 4.04. The lowest BCUT2D eigenvalue weighted by Gasteiger charge is -2.09. The fourth-order valence-corrected chi connectivity index (χ4v) is 2.64. The number of carbonyl (C=O) groups excluding carboxylic acids is 2. The van der Waals surface area contributed by atoms with E-state index in [4.69, 9.17) is 0 Å². The molecule has 0 spiro atoms. The number of benzene rings is 2. The molecular weight excluding hydrogens is 332 g/mol. The third kappa shape index (κ3) is 3.83. The second-order valence-electron chi connectivity index (χ2n) is 6.17. The van der Waals surface area contributed by atoms with Gasteiger partial charge in [-0.3, -0.25) is 14.3 Å². The SMILES string of the molecule is CN(C)C(=O)CCn1ccc(NC(=O)c2cccc3cc(O)ccc23)n1. The van der Waals surface area contributed by atoms with Crippen LogP contribution in [0.15, 0.2) is 48.7 Å². The van der Waals surface area contributed by atoms with E-state index in [0.717, 1.165) is 10.8 Å². The van der Waals surface area contributed by atoms with Gasteiger partial charge in [0, 0.05) is 44.9 Å². The Morgan fingerprint density at radius 1 is 1.19 bits per heavy atom. The number of nitrogens with one attached hydrogen (secondary N) is 1. The Kier molecular flexibility index (Phi) is 4.88. The molecule has 2 amide bonds. The molecule has 0 fully saturated rings. The lowest BCUT2D eigenvalue weighted by molar-refractivity contribution is -0.128. The Balaban J connectivity index is 1.72. The molecule has 1 aromatic heterocycles. The van der Waals surface area contributed by atoms with E-state index in [-0.39, 0.29) is 17.6 Å². The Bertz CT molecular complexity index is 962. The molecule has 2 aromatic carbocycles. The van der Waals surface area contributed by atoms with E-state index in [9.17, 15) is 14.7 Å². The number of aromatic hydroxyl groups is 1. The van der Waals surface area contributed by atoms with Crippen molar-refractivity contribution in [1.82, 2.24) is 14.7 Å². The molecular formula is C19H20N4O3. The minimum absolute atomic E-state index is 0.0186. The minimum Gasteiger partial charge on any atom is -0.508 e. The average Bonchev–Trinajstić information content (AvgIpc) is 3.06. The monoisotopic (exact) mass is 352 g/mol. The first-order valence-corrected chi connectivity index (χ1v) is 8.21. The molecule has 0 unspecified atom stereocenters. The fourth-order valence-electron chi connectivity index (χ4n) is 2.64. The van der Waals surface area contributed by atoms with Gasteiger partial charge in [-0.25, -0.2) is 0 Å². The van der Waals surface area contributed by atoms with Crippen molar-refractivity contribution in [1.29, 1.82) is 0 Å². The van der Waals surface area contributed by atoms with Gasteiger partial charge in [0.05, 0.1) is 0 Å². The summed E-state index contributed by atoms with van der Waals surface area (Å²) in [5.41, 5.74) is 0.500. The lowest BCUT2D eigenvalue weighted by Crippen LogP contribution is -2.23. The maximum Gasteiger partial charge on any atom is 0.257 e. The molecule has 2 N–H and O–H groups in total. The number of aryl methyl sites for hydroxylation is 1. The number of phenols is 1. The summed E-state index contributed by atoms with van der Waals surface area (Å²) in [7, 11) is 3.42. The van der Waals surface area contributed by atoms with Crippen LogP contribution in [0.25, 0.3) is 10.8 Å². The number of amides is 2. The van der Waals surface area contributed by atoms with Crippen molar-refractivity contribution >= 4 is 28.4 Å². The summed E-state index contributed by atoms with van der Waals surface area (Å²) < 4.78 is 1.62. The van der Waals surface area contributed by atoms with Crippen LogP contribution in [-0.4, -0.2) is 45.7 Å². The molecule has 0 bridgehead atoms. The maximum atomic E-state index is 12.6. The van der Waals surface area contributed by atoms with Gasteiger partial charge in [0.25, 0.3) is 5.91 Å². The molecule has 134 valence electrons. The quantitative estimate of drug-likeness (QED) is 0.738. The molecule has 0 radical (unpaired) electrons. The number of aromatic nitrogens is 2. The fraction of sp³-hybridized carbons (Fsp3) is 0.211. The van der Waals surface area contributed by atoms with Crippen LogP contribution in [0.3, 0.4) is 0 Å². The molecule has 0 saturated carbocycles. The summed E-state index contributed by atoms with van der Waals surface area (Å²) in [5, 5.41) is 18.2. The van der Waals surface area contributed by atoms with Gasteiger partial charge in [-0.15, -0.1) is 0 Å². The van der Waals surface area contributed by atoms with Gasteiger partial charge in [0.15, 0.2) is 5.82 Å². The zero-order valence-corrected chi connectivity index (χ0v) is 14.6. The van der Waals surface area contributed by atoms with Crippen molar-refractivity contribution in [3.63, 3.8) is 0 Å². The summed E-state index contributed by atoms with van der Waals surface area (Å²) in [4.78, 5) is 25.8. The normalized spacial score (nSPS) is 10.7. The number of nitrogens with zero attached hydrogens (tertiary/aromatic N) is 3. The molecule has 3 aromatic rings. The molecule has 7 heteroatoms. The second-order valence-corrected chi connectivity index (χ2v) is 6.17. The maximum absolute atomic E-state index is 12.6. The lowest BCUT2D eigenvalue weighted by atomic mass is 10.0. The van der Waals surface area contributed by atoms with Crippen molar-refractivity contribution in [2.45, 2.75) is 13.0 Å². The van der Waals surface area contributed by atoms with E-state index in [2.05, 4.69) is 10.4 Å². The smallest absolute Gasteiger partial charge is 0.257 e. The van der Waals surface area contributed by atoms with E-state index >= 15 is 0 Å². The molecule has 0 aliphatic heterocycles. The van der Waals surface area contributed by atoms with Crippen molar-refractivity contribution in [2.24, 2.45) is 0 Å². The van der Waals surface area contributed by atoms with Crippen LogP contribution in [0.2, 0.25) is 0 Å². The molecule has 26 heavy (non-hydrogen) atoms. The highest BCUT2D eigenvalue weighted by Gasteiger charge is 2.12. The first kappa shape index (κ1) is 17.5. The minimum atomic E-state index is -0.282. The number of rotatable bonds is 5. The highest BCUT2D eigenvalue weighted by Crippen LogP contribution is 2.23. The summed E-state index contributed by atoms with van der Waals surface area (Å²) in [6.07, 6.45) is 2.06. The van der Waals surface area contributed by atoms with Crippen molar-refractivity contribution in [3.8, 4) is 5.75 Å². The van der Waals surface area contributed by atoms with E-state index in [0.29, 0.717) is 24.3 Å². The number of phenolic OH excluding ortho intramolecular Hbond substituents is 1. The highest BCUT2D eigenvalue weighted by molar-refractivity contribution is 6.12. The van der Waals surface area contributed by atoms with Gasteiger partial charge in [-0.2, -0.15) is 5.10 Å². The zero-order valence-electron chi connectivity index (χ0n) is 14.6. The first-order valence-electron chi connectivity index (χ1n) is 8.21. The number of carbonyl (C=O) groups is 2. The van der Waals surface area contributed by atoms with E-state index in [1.807, 2.05) is 6.07 Å². The van der Waals surface area contributed by atoms with Crippen molar-refractivity contribution < 1.29 is 14.7 Å².